The molecule has 132 valence electrons. The zero-order valence-electron chi connectivity index (χ0n) is 14.8. The van der Waals surface area contributed by atoms with Gasteiger partial charge >= 0.3 is 0 Å². The number of amides is 2. The van der Waals surface area contributed by atoms with Crippen LogP contribution in [-0.2, 0) is 4.79 Å². The van der Waals surface area contributed by atoms with Crippen LogP contribution in [0.2, 0.25) is 0 Å². The van der Waals surface area contributed by atoms with Crippen molar-refractivity contribution in [3.63, 3.8) is 0 Å². The highest BCUT2D eigenvalue weighted by molar-refractivity contribution is 5.97. The highest BCUT2D eigenvalue weighted by atomic mass is 16.2. The van der Waals surface area contributed by atoms with Crippen LogP contribution < -0.4 is 10.6 Å². The topological polar surface area (TPSA) is 61.4 Å². The number of fused-ring (bicyclic) bond motifs is 1. The van der Waals surface area contributed by atoms with Crippen LogP contribution in [0, 0.1) is 0 Å². The summed E-state index contributed by atoms with van der Waals surface area (Å²) < 4.78 is 0. The lowest BCUT2D eigenvalue weighted by atomic mass is 10.1. The summed E-state index contributed by atoms with van der Waals surface area (Å²) in [6, 6.07) is 20.9. The first-order chi connectivity index (χ1) is 12.5. The van der Waals surface area contributed by atoms with Crippen LogP contribution >= 0.6 is 0 Å². The van der Waals surface area contributed by atoms with E-state index in [4.69, 9.17) is 0 Å². The van der Waals surface area contributed by atoms with E-state index in [2.05, 4.69) is 10.6 Å². The van der Waals surface area contributed by atoms with E-state index in [1.807, 2.05) is 42.5 Å². The van der Waals surface area contributed by atoms with Gasteiger partial charge in [-0.2, -0.15) is 0 Å². The van der Waals surface area contributed by atoms with Gasteiger partial charge in [0, 0.05) is 31.0 Å². The van der Waals surface area contributed by atoms with Gasteiger partial charge in [-0.15, -0.1) is 0 Å². The number of rotatable bonds is 5. The summed E-state index contributed by atoms with van der Waals surface area (Å²) in [6.45, 7) is 0.147. The summed E-state index contributed by atoms with van der Waals surface area (Å²) in [5, 5.41) is 8.16. The van der Waals surface area contributed by atoms with Crippen molar-refractivity contribution in [1.82, 2.24) is 4.90 Å². The molecule has 0 radical (unpaired) electrons. The average Bonchev–Trinajstić information content (AvgIpc) is 2.66. The fourth-order valence-corrected chi connectivity index (χ4v) is 2.64. The average molecular weight is 347 g/mol. The summed E-state index contributed by atoms with van der Waals surface area (Å²) in [4.78, 5) is 25.5. The number of hydrogen-bond acceptors (Lipinski definition) is 3. The standard InChI is InChI=1S/C21H21N3O2/c1-24(2)21(26)16-8-10-18(11-9-16)22-14-20(25)23-19-12-7-15-5-3-4-6-17(15)13-19/h3-13,22H,14H2,1-2H3,(H,23,25). The second-order valence-corrected chi connectivity index (χ2v) is 6.24. The maximum atomic E-state index is 12.2. The van der Waals surface area contributed by atoms with E-state index in [0.717, 1.165) is 22.1 Å². The van der Waals surface area contributed by atoms with Gasteiger partial charge in [0.05, 0.1) is 6.54 Å². The van der Waals surface area contributed by atoms with E-state index in [0.29, 0.717) is 5.56 Å². The van der Waals surface area contributed by atoms with E-state index in [1.165, 1.54) is 4.90 Å². The third-order valence-electron chi connectivity index (χ3n) is 4.02. The van der Waals surface area contributed by atoms with Crippen molar-refractivity contribution in [2.45, 2.75) is 0 Å². The van der Waals surface area contributed by atoms with Crippen molar-refractivity contribution in [1.29, 1.82) is 0 Å². The van der Waals surface area contributed by atoms with Gasteiger partial charge in [0.2, 0.25) is 5.91 Å². The van der Waals surface area contributed by atoms with Gasteiger partial charge in [0.15, 0.2) is 0 Å². The Morgan fingerprint density at radius 3 is 2.19 bits per heavy atom. The lowest BCUT2D eigenvalue weighted by molar-refractivity contribution is -0.114. The van der Waals surface area contributed by atoms with Crippen LogP contribution in [0.15, 0.2) is 66.7 Å². The van der Waals surface area contributed by atoms with E-state index < -0.39 is 0 Å². The lowest BCUT2D eigenvalue weighted by Gasteiger charge is -2.11. The van der Waals surface area contributed by atoms with Crippen molar-refractivity contribution in [2.24, 2.45) is 0 Å². The second kappa shape index (κ2) is 7.70. The molecule has 5 nitrogen and oxygen atoms in total. The molecule has 0 saturated heterocycles. The molecule has 0 aromatic heterocycles. The van der Waals surface area contributed by atoms with E-state index in [1.54, 1.807) is 38.4 Å². The molecule has 3 aromatic rings. The van der Waals surface area contributed by atoms with Gasteiger partial charge in [0.25, 0.3) is 5.91 Å². The molecule has 0 fully saturated rings. The van der Waals surface area contributed by atoms with Gasteiger partial charge < -0.3 is 15.5 Å². The Kier molecular flexibility index (Phi) is 5.17. The third kappa shape index (κ3) is 4.19. The van der Waals surface area contributed by atoms with Crippen LogP contribution in [0.1, 0.15) is 10.4 Å². The third-order valence-corrected chi connectivity index (χ3v) is 4.02. The molecule has 0 aliphatic carbocycles. The van der Waals surface area contributed by atoms with Crippen LogP contribution in [0.3, 0.4) is 0 Å². The van der Waals surface area contributed by atoms with Crippen LogP contribution in [-0.4, -0.2) is 37.4 Å². The quantitative estimate of drug-likeness (QED) is 0.741. The molecule has 3 rings (SSSR count). The van der Waals surface area contributed by atoms with Crippen molar-refractivity contribution in [3.05, 3.63) is 72.3 Å². The molecule has 0 spiro atoms. The Morgan fingerprint density at radius 2 is 1.50 bits per heavy atom. The molecular weight excluding hydrogens is 326 g/mol. The Labute approximate surface area is 152 Å². The Morgan fingerprint density at radius 1 is 0.846 bits per heavy atom. The van der Waals surface area contributed by atoms with Crippen LogP contribution in [0.5, 0.6) is 0 Å². The first kappa shape index (κ1) is 17.5. The highest BCUT2D eigenvalue weighted by Gasteiger charge is 2.08. The van der Waals surface area contributed by atoms with Gasteiger partial charge in [-0.3, -0.25) is 9.59 Å². The molecule has 2 N–H and O–H groups in total. The molecule has 0 atom stereocenters. The largest absolute Gasteiger partial charge is 0.376 e. The van der Waals surface area contributed by atoms with Gasteiger partial charge in [-0.1, -0.05) is 30.3 Å². The van der Waals surface area contributed by atoms with Crippen LogP contribution in [0.4, 0.5) is 11.4 Å². The number of nitrogens with one attached hydrogen (secondary N) is 2. The second-order valence-electron chi connectivity index (χ2n) is 6.24. The summed E-state index contributed by atoms with van der Waals surface area (Å²) in [5.41, 5.74) is 2.16. The SMILES string of the molecule is CN(C)C(=O)c1ccc(NCC(=O)Nc2ccc3ccccc3c2)cc1. The van der Waals surface area contributed by atoms with E-state index >= 15 is 0 Å². The number of carbonyl (C=O) groups is 2. The Bertz CT molecular complexity index is 933. The first-order valence-corrected chi connectivity index (χ1v) is 8.37. The number of anilines is 2. The maximum Gasteiger partial charge on any atom is 0.253 e. The van der Waals surface area contributed by atoms with E-state index in [9.17, 15) is 9.59 Å². The molecule has 0 bridgehead atoms. The molecular formula is C21H21N3O2. The van der Waals surface area contributed by atoms with Crippen molar-refractivity contribution in [3.8, 4) is 0 Å². The summed E-state index contributed by atoms with van der Waals surface area (Å²) in [5.74, 6) is -0.181. The molecule has 5 heteroatoms. The first-order valence-electron chi connectivity index (χ1n) is 8.37. The molecule has 0 saturated carbocycles. The van der Waals surface area contributed by atoms with E-state index in [-0.39, 0.29) is 18.4 Å². The minimum Gasteiger partial charge on any atom is -0.376 e. The molecule has 3 aromatic carbocycles. The minimum atomic E-state index is -0.131. The predicted molar refractivity (Wildman–Crippen MR) is 106 cm³/mol. The zero-order chi connectivity index (χ0) is 18.5. The predicted octanol–water partition coefficient (Wildman–Crippen LogP) is 3.59. The number of carbonyl (C=O) groups excluding carboxylic acids is 2. The normalized spacial score (nSPS) is 10.4. The lowest BCUT2D eigenvalue weighted by Crippen LogP contribution is -2.22. The Balaban J connectivity index is 1.57. The van der Waals surface area contributed by atoms with Crippen LogP contribution in [0.25, 0.3) is 10.8 Å². The summed E-state index contributed by atoms with van der Waals surface area (Å²) in [7, 11) is 3.43. The fourth-order valence-electron chi connectivity index (χ4n) is 2.64. The highest BCUT2D eigenvalue weighted by Crippen LogP contribution is 2.18. The number of hydrogen-bond donors (Lipinski definition) is 2. The minimum absolute atomic E-state index is 0.0504. The summed E-state index contributed by atoms with van der Waals surface area (Å²) in [6.07, 6.45) is 0. The van der Waals surface area contributed by atoms with Crippen molar-refractivity contribution < 1.29 is 9.59 Å². The number of nitrogens with zero attached hydrogens (tertiary/aromatic N) is 1. The maximum absolute atomic E-state index is 12.2. The zero-order valence-corrected chi connectivity index (χ0v) is 14.8. The number of benzene rings is 3. The smallest absolute Gasteiger partial charge is 0.253 e. The van der Waals surface area contributed by atoms with Gasteiger partial charge in [-0.05, 0) is 47.2 Å². The summed E-state index contributed by atoms with van der Waals surface area (Å²) >= 11 is 0. The molecule has 0 heterocycles. The van der Waals surface area contributed by atoms with Crippen molar-refractivity contribution in [2.75, 3.05) is 31.3 Å². The van der Waals surface area contributed by atoms with Gasteiger partial charge in [-0.25, -0.2) is 0 Å². The molecule has 2 amide bonds. The molecule has 0 aliphatic heterocycles. The molecule has 0 aliphatic rings. The molecule has 0 unspecified atom stereocenters. The Hall–Kier alpha value is -3.34. The fraction of sp³-hybridized carbons (Fsp3) is 0.143. The van der Waals surface area contributed by atoms with Crippen molar-refractivity contribution >= 4 is 34.0 Å². The monoisotopic (exact) mass is 347 g/mol. The van der Waals surface area contributed by atoms with Gasteiger partial charge in [0.1, 0.15) is 0 Å². The molecule has 26 heavy (non-hydrogen) atoms.